The quantitative estimate of drug-likeness (QED) is 0.594. The van der Waals surface area contributed by atoms with E-state index in [1.807, 2.05) is 4.90 Å². The van der Waals surface area contributed by atoms with Gasteiger partial charge in [0.1, 0.15) is 18.2 Å². The van der Waals surface area contributed by atoms with Gasteiger partial charge < -0.3 is 15.2 Å². The van der Waals surface area contributed by atoms with Gasteiger partial charge in [0, 0.05) is 37.0 Å². The number of rotatable bonds is 6. The number of anilines is 1. The van der Waals surface area contributed by atoms with Gasteiger partial charge in [-0.3, -0.25) is 9.69 Å². The highest BCUT2D eigenvalue weighted by Gasteiger charge is 2.38. The number of ether oxygens (including phenoxy) is 1. The van der Waals surface area contributed by atoms with Gasteiger partial charge in [-0.05, 0) is 46.1 Å². The number of amides is 1. The molecule has 1 aliphatic heterocycles. The molecule has 0 unspecified atom stereocenters. The monoisotopic (exact) mass is 490 g/mol. The number of benzene rings is 2. The number of aliphatic hydroxyl groups is 1. The second-order valence-corrected chi connectivity index (χ2v) is 7.85. The second-order valence-electron chi connectivity index (χ2n) is 6.99. The normalized spacial score (nSPS) is 17.2. The molecule has 2 aromatic rings. The molecule has 0 aliphatic carbocycles. The van der Waals surface area contributed by atoms with Crippen molar-refractivity contribution in [1.29, 1.82) is 0 Å². The van der Waals surface area contributed by atoms with E-state index < -0.39 is 24.0 Å². The fraction of sp³-hybridized carbons (Fsp3) is 0.350. The number of hydrogen-bond donors (Lipinski definition) is 2. The van der Waals surface area contributed by atoms with Crippen LogP contribution in [0.15, 0.2) is 40.9 Å². The molecule has 1 aliphatic rings. The lowest BCUT2D eigenvalue weighted by atomic mass is 10.1. The predicted octanol–water partition coefficient (Wildman–Crippen LogP) is 4.23. The molecule has 1 atom stereocenters. The summed E-state index contributed by atoms with van der Waals surface area (Å²) in [6, 6.07) is 8.64. The zero-order valence-electron chi connectivity index (χ0n) is 15.7. The molecule has 0 spiro atoms. The van der Waals surface area contributed by atoms with E-state index in [0.29, 0.717) is 42.9 Å². The lowest BCUT2D eigenvalue weighted by Crippen LogP contribution is -2.29. The molecule has 0 radical (unpaired) electrons. The Hall–Kier alpha value is -2.17. The van der Waals surface area contributed by atoms with Crippen molar-refractivity contribution in [3.8, 4) is 5.75 Å². The lowest BCUT2D eigenvalue weighted by Gasteiger charge is -2.19. The summed E-state index contributed by atoms with van der Waals surface area (Å²) < 4.78 is 57.3. The minimum absolute atomic E-state index is 0.0216. The highest BCUT2D eigenvalue weighted by molar-refractivity contribution is 9.10. The third-order valence-corrected chi connectivity index (χ3v) is 5.19. The molecule has 0 aromatic heterocycles. The molecule has 30 heavy (non-hydrogen) atoms. The van der Waals surface area contributed by atoms with Gasteiger partial charge in [-0.2, -0.15) is 13.2 Å². The molecule has 0 saturated carbocycles. The van der Waals surface area contributed by atoms with Crippen molar-refractivity contribution >= 4 is 27.5 Å². The van der Waals surface area contributed by atoms with Crippen LogP contribution in [0.4, 0.5) is 23.2 Å². The van der Waals surface area contributed by atoms with Crippen molar-refractivity contribution in [3.63, 3.8) is 0 Å². The molecule has 5 nitrogen and oxygen atoms in total. The van der Waals surface area contributed by atoms with Crippen LogP contribution in [-0.2, 0) is 17.9 Å². The van der Waals surface area contributed by atoms with E-state index in [1.165, 1.54) is 24.3 Å². The van der Waals surface area contributed by atoms with E-state index >= 15 is 0 Å². The summed E-state index contributed by atoms with van der Waals surface area (Å²) >= 11 is 3.16. The van der Waals surface area contributed by atoms with Crippen molar-refractivity contribution in [1.82, 2.24) is 4.90 Å². The van der Waals surface area contributed by atoms with Gasteiger partial charge >= 0.3 is 12.1 Å². The summed E-state index contributed by atoms with van der Waals surface area (Å²) in [5.41, 5.74) is 1.19. The van der Waals surface area contributed by atoms with E-state index in [9.17, 15) is 27.5 Å². The first kappa shape index (κ1) is 22.5. The van der Waals surface area contributed by atoms with Gasteiger partial charge in [0.2, 0.25) is 0 Å². The number of carbonyl (C=O) groups is 1. The van der Waals surface area contributed by atoms with Crippen molar-refractivity contribution in [2.45, 2.75) is 31.9 Å². The van der Waals surface area contributed by atoms with E-state index in [0.717, 1.165) is 0 Å². The number of carbonyl (C=O) groups excluding carboxylic acids is 1. The number of likely N-dealkylation sites (tertiary alicyclic amines) is 1. The van der Waals surface area contributed by atoms with E-state index in [1.54, 1.807) is 17.4 Å². The maximum atomic E-state index is 14.0. The highest BCUT2D eigenvalue weighted by atomic mass is 79.9. The minimum Gasteiger partial charge on any atom is -0.488 e. The molecule has 10 heteroatoms. The Morgan fingerprint density at radius 2 is 2.07 bits per heavy atom. The van der Waals surface area contributed by atoms with Crippen LogP contribution in [0.5, 0.6) is 5.75 Å². The maximum Gasteiger partial charge on any atom is 0.471 e. The van der Waals surface area contributed by atoms with Crippen LogP contribution in [0.2, 0.25) is 0 Å². The van der Waals surface area contributed by atoms with Crippen LogP contribution >= 0.6 is 15.9 Å². The summed E-state index contributed by atoms with van der Waals surface area (Å²) in [6.07, 6.45) is -4.72. The molecule has 2 aromatic carbocycles. The van der Waals surface area contributed by atoms with Gasteiger partial charge in [0.25, 0.3) is 0 Å². The van der Waals surface area contributed by atoms with E-state index in [2.05, 4.69) is 15.9 Å². The molecule has 1 heterocycles. The SMILES string of the molecule is O=C(Nc1cccc(COc2cc(F)c(Br)cc2CN2CC[C@H](O)C2)c1)C(F)(F)F. The summed E-state index contributed by atoms with van der Waals surface area (Å²) in [6.45, 7) is 1.63. The molecule has 1 saturated heterocycles. The lowest BCUT2D eigenvalue weighted by molar-refractivity contribution is -0.167. The van der Waals surface area contributed by atoms with Crippen LogP contribution in [0.25, 0.3) is 0 Å². The number of aliphatic hydroxyl groups excluding tert-OH is 1. The fourth-order valence-corrected chi connectivity index (χ4v) is 3.52. The Bertz CT molecular complexity index is 923. The Morgan fingerprint density at radius 1 is 1.30 bits per heavy atom. The van der Waals surface area contributed by atoms with Crippen molar-refractivity contribution in [3.05, 3.63) is 57.8 Å². The van der Waals surface area contributed by atoms with E-state index in [-0.39, 0.29) is 16.8 Å². The topological polar surface area (TPSA) is 61.8 Å². The third kappa shape index (κ3) is 5.93. The molecule has 0 bridgehead atoms. The second kappa shape index (κ2) is 9.32. The van der Waals surface area contributed by atoms with Crippen molar-refractivity contribution in [2.24, 2.45) is 0 Å². The Balaban J connectivity index is 1.71. The number of nitrogens with one attached hydrogen (secondary N) is 1. The molecule has 2 N–H and O–H groups in total. The Kier molecular flexibility index (Phi) is 6.99. The Morgan fingerprint density at radius 3 is 2.73 bits per heavy atom. The molecule has 1 fully saturated rings. The fourth-order valence-electron chi connectivity index (χ4n) is 3.13. The van der Waals surface area contributed by atoms with Crippen LogP contribution in [-0.4, -0.2) is 41.3 Å². The maximum absolute atomic E-state index is 14.0. The van der Waals surface area contributed by atoms with Crippen LogP contribution < -0.4 is 10.1 Å². The summed E-state index contributed by atoms with van der Waals surface area (Å²) in [5, 5.41) is 11.5. The summed E-state index contributed by atoms with van der Waals surface area (Å²) in [4.78, 5) is 13.1. The average Bonchev–Trinajstić information content (AvgIpc) is 3.07. The molecule has 162 valence electrons. The number of halogens is 5. The van der Waals surface area contributed by atoms with Gasteiger partial charge in [-0.25, -0.2) is 4.39 Å². The third-order valence-electron chi connectivity index (χ3n) is 4.58. The zero-order chi connectivity index (χ0) is 21.9. The first-order chi connectivity index (χ1) is 14.1. The first-order valence-electron chi connectivity index (χ1n) is 9.10. The van der Waals surface area contributed by atoms with Crippen LogP contribution in [0.3, 0.4) is 0 Å². The van der Waals surface area contributed by atoms with Crippen LogP contribution in [0, 0.1) is 5.82 Å². The molecular weight excluding hydrogens is 472 g/mol. The first-order valence-corrected chi connectivity index (χ1v) is 9.89. The van der Waals surface area contributed by atoms with Gasteiger partial charge in [0.15, 0.2) is 0 Å². The number of alkyl halides is 3. The minimum atomic E-state index is -4.99. The van der Waals surface area contributed by atoms with E-state index in [4.69, 9.17) is 4.74 Å². The number of β-amino-alcohol motifs (C(OH)–C–C–N with tert-alkyl or cyclic N) is 1. The zero-order valence-corrected chi connectivity index (χ0v) is 17.3. The number of hydrogen-bond acceptors (Lipinski definition) is 4. The van der Waals surface area contributed by atoms with Gasteiger partial charge in [0.05, 0.1) is 10.6 Å². The highest BCUT2D eigenvalue weighted by Crippen LogP contribution is 2.29. The summed E-state index contributed by atoms with van der Waals surface area (Å²) in [5.74, 6) is -2.28. The van der Waals surface area contributed by atoms with Crippen LogP contribution in [0.1, 0.15) is 17.5 Å². The molecule has 1 amide bonds. The summed E-state index contributed by atoms with van der Waals surface area (Å²) in [7, 11) is 0. The average molecular weight is 491 g/mol. The van der Waals surface area contributed by atoms with Gasteiger partial charge in [-0.1, -0.05) is 12.1 Å². The van der Waals surface area contributed by atoms with Gasteiger partial charge in [-0.15, -0.1) is 0 Å². The number of nitrogens with zero attached hydrogens (tertiary/aromatic N) is 1. The predicted molar refractivity (Wildman–Crippen MR) is 105 cm³/mol. The smallest absolute Gasteiger partial charge is 0.471 e. The largest absolute Gasteiger partial charge is 0.488 e. The molecule has 3 rings (SSSR count). The standard InChI is InChI=1S/C20H19BrF4N2O3/c21-16-7-13(9-27-5-4-15(28)10-27)18(8-17(16)22)30-11-12-2-1-3-14(6-12)26-19(29)20(23,24)25/h1-3,6-8,15,28H,4-5,9-11H2,(H,26,29)/t15-/m0/s1. The van der Waals surface area contributed by atoms with Crippen molar-refractivity contribution in [2.75, 3.05) is 18.4 Å². The molecular formula is C20H19BrF4N2O3. The Labute approximate surface area is 178 Å². The van der Waals surface area contributed by atoms with Crippen molar-refractivity contribution < 1.29 is 32.2 Å².